The highest BCUT2D eigenvalue weighted by Gasteiger charge is 2.61. The molecule has 2 aromatic rings. The van der Waals surface area contributed by atoms with E-state index >= 15 is 4.39 Å². The Morgan fingerprint density at radius 3 is 2.33 bits per heavy atom. The van der Waals surface area contributed by atoms with E-state index in [2.05, 4.69) is 29.8 Å². The van der Waals surface area contributed by atoms with E-state index in [4.69, 9.17) is 9.47 Å². The van der Waals surface area contributed by atoms with Gasteiger partial charge in [-0.3, -0.25) is 0 Å². The Hall–Kier alpha value is -1.39. The highest BCUT2D eigenvalue weighted by Crippen LogP contribution is 2.70. The summed E-state index contributed by atoms with van der Waals surface area (Å²) in [5.74, 6) is 1.33. The third-order valence-electron chi connectivity index (χ3n) is 7.74. The van der Waals surface area contributed by atoms with Crippen LogP contribution in [0.3, 0.4) is 0 Å². The van der Waals surface area contributed by atoms with Crippen molar-refractivity contribution in [3.63, 3.8) is 0 Å². The van der Waals surface area contributed by atoms with Crippen molar-refractivity contribution in [2.24, 2.45) is 16.7 Å². The van der Waals surface area contributed by atoms with Gasteiger partial charge in [-0.05, 0) is 79.0 Å². The number of methoxy groups -OCH3 is 1. The van der Waals surface area contributed by atoms with Crippen molar-refractivity contribution < 1.29 is 13.9 Å². The van der Waals surface area contributed by atoms with Crippen molar-refractivity contribution >= 4 is 15.9 Å². The largest absolute Gasteiger partial charge is 0.467 e. The van der Waals surface area contributed by atoms with Crippen LogP contribution < -0.4 is 4.74 Å². The Labute approximate surface area is 187 Å². The molecule has 0 heterocycles. The third kappa shape index (κ3) is 3.31. The van der Waals surface area contributed by atoms with Crippen LogP contribution in [0.2, 0.25) is 0 Å². The molecule has 4 heteroatoms. The van der Waals surface area contributed by atoms with Gasteiger partial charge in [0.2, 0.25) is 0 Å². The summed E-state index contributed by atoms with van der Waals surface area (Å²) in [7, 11) is 1.63. The fourth-order valence-electron chi connectivity index (χ4n) is 7.89. The van der Waals surface area contributed by atoms with Crippen LogP contribution in [0.25, 0.3) is 11.1 Å². The highest BCUT2D eigenvalue weighted by atomic mass is 79.9. The van der Waals surface area contributed by atoms with Gasteiger partial charge < -0.3 is 9.47 Å². The van der Waals surface area contributed by atoms with Crippen LogP contribution in [0.15, 0.2) is 40.9 Å². The zero-order valence-electron chi connectivity index (χ0n) is 18.1. The Bertz CT molecular complexity index is 969. The van der Waals surface area contributed by atoms with Gasteiger partial charge in [0.15, 0.2) is 6.79 Å². The van der Waals surface area contributed by atoms with Gasteiger partial charge in [0.1, 0.15) is 11.6 Å². The monoisotopic (exact) mass is 472 g/mol. The lowest BCUT2D eigenvalue weighted by molar-refractivity contribution is -0.110. The predicted octanol–water partition coefficient (Wildman–Crippen LogP) is 7.49. The molecule has 30 heavy (non-hydrogen) atoms. The van der Waals surface area contributed by atoms with Gasteiger partial charge in [0, 0.05) is 28.1 Å². The maximum absolute atomic E-state index is 15.1. The van der Waals surface area contributed by atoms with Gasteiger partial charge in [-0.15, -0.1) is 0 Å². The molecule has 2 atom stereocenters. The lowest BCUT2D eigenvalue weighted by Crippen LogP contribution is -2.57. The minimum atomic E-state index is -0.188. The summed E-state index contributed by atoms with van der Waals surface area (Å²) in [6.45, 7) is 5.06. The molecule has 0 amide bonds. The summed E-state index contributed by atoms with van der Waals surface area (Å²) >= 11 is 3.66. The first-order valence-corrected chi connectivity index (χ1v) is 11.7. The number of hydrogen-bond acceptors (Lipinski definition) is 2. The second-order valence-corrected chi connectivity index (χ2v) is 11.6. The van der Waals surface area contributed by atoms with E-state index in [0.717, 1.165) is 52.1 Å². The average Bonchev–Trinajstić information content (AvgIpc) is 2.64. The van der Waals surface area contributed by atoms with Gasteiger partial charge in [-0.25, -0.2) is 4.39 Å². The SMILES string of the molecule is COCOc1c(-c2ccccc2Br)cc(F)cc1C12CC3CC(C)(CC(C)(C3)C1)C2. The second kappa shape index (κ2) is 7.06. The maximum atomic E-state index is 15.1. The molecule has 4 aliphatic carbocycles. The summed E-state index contributed by atoms with van der Waals surface area (Å²) in [5.41, 5.74) is 3.46. The van der Waals surface area contributed by atoms with E-state index in [9.17, 15) is 0 Å². The molecular weight excluding hydrogens is 443 g/mol. The average molecular weight is 473 g/mol. The number of benzene rings is 2. The number of rotatable bonds is 5. The number of ether oxygens (including phenoxy) is 2. The molecule has 0 spiro atoms. The molecule has 2 unspecified atom stereocenters. The molecule has 0 N–H and O–H groups in total. The standard InChI is InChI=1S/C26H30BrFO2/c1-24-10-17-11-25(2,13-24)15-26(12-17,14-24)21-9-18(28)8-20(23(21)30-16-29-3)19-6-4-5-7-22(19)27/h4-9,17H,10-16H2,1-3H3. The van der Waals surface area contributed by atoms with Crippen LogP contribution in [0.4, 0.5) is 4.39 Å². The van der Waals surface area contributed by atoms with E-state index < -0.39 is 0 Å². The van der Waals surface area contributed by atoms with E-state index in [-0.39, 0.29) is 18.0 Å². The zero-order valence-corrected chi connectivity index (χ0v) is 19.6. The Kier molecular flexibility index (Phi) is 4.83. The molecule has 0 radical (unpaired) electrons. The summed E-state index contributed by atoms with van der Waals surface area (Å²) < 4.78 is 27.6. The van der Waals surface area contributed by atoms with E-state index in [1.54, 1.807) is 19.2 Å². The van der Waals surface area contributed by atoms with Crippen LogP contribution in [-0.4, -0.2) is 13.9 Å². The lowest BCUT2D eigenvalue weighted by atomic mass is 9.39. The van der Waals surface area contributed by atoms with Crippen LogP contribution in [0, 0.1) is 22.6 Å². The molecule has 0 aromatic heterocycles. The van der Waals surface area contributed by atoms with Crippen molar-refractivity contribution in [1.29, 1.82) is 0 Å². The minimum Gasteiger partial charge on any atom is -0.467 e. The van der Waals surface area contributed by atoms with Crippen molar-refractivity contribution in [1.82, 2.24) is 0 Å². The summed E-state index contributed by atoms with van der Waals surface area (Å²) in [6, 6.07) is 11.3. The Balaban J connectivity index is 1.72. The lowest BCUT2D eigenvalue weighted by Gasteiger charge is -2.65. The highest BCUT2D eigenvalue weighted by molar-refractivity contribution is 9.10. The Morgan fingerprint density at radius 2 is 1.70 bits per heavy atom. The van der Waals surface area contributed by atoms with Gasteiger partial charge >= 0.3 is 0 Å². The fraction of sp³-hybridized carbons (Fsp3) is 0.538. The molecule has 4 saturated carbocycles. The summed E-state index contributed by atoms with van der Waals surface area (Å²) in [5, 5.41) is 0. The van der Waals surface area contributed by atoms with Crippen molar-refractivity contribution in [2.45, 2.75) is 57.8 Å². The maximum Gasteiger partial charge on any atom is 0.188 e. The van der Waals surface area contributed by atoms with E-state index in [1.807, 2.05) is 24.3 Å². The first kappa shape index (κ1) is 20.5. The van der Waals surface area contributed by atoms with Crippen LogP contribution in [0.1, 0.15) is 57.9 Å². The van der Waals surface area contributed by atoms with Gasteiger partial charge in [-0.2, -0.15) is 0 Å². The molecule has 2 aromatic carbocycles. The molecule has 6 rings (SSSR count). The second-order valence-electron chi connectivity index (χ2n) is 10.8. The predicted molar refractivity (Wildman–Crippen MR) is 121 cm³/mol. The van der Waals surface area contributed by atoms with Gasteiger partial charge in [0.25, 0.3) is 0 Å². The van der Waals surface area contributed by atoms with Crippen molar-refractivity contribution in [2.75, 3.05) is 13.9 Å². The van der Waals surface area contributed by atoms with Gasteiger partial charge in [0.05, 0.1) is 0 Å². The molecule has 4 aliphatic rings. The van der Waals surface area contributed by atoms with E-state index in [1.165, 1.54) is 19.3 Å². The minimum absolute atomic E-state index is 0.0237. The number of halogens is 2. The summed E-state index contributed by atoms with van der Waals surface area (Å²) in [6.07, 6.45) is 7.29. The summed E-state index contributed by atoms with van der Waals surface area (Å²) in [4.78, 5) is 0. The fourth-order valence-corrected chi connectivity index (χ4v) is 8.39. The Morgan fingerprint density at radius 1 is 1.00 bits per heavy atom. The molecule has 4 bridgehead atoms. The first-order valence-electron chi connectivity index (χ1n) is 11.0. The quantitative estimate of drug-likeness (QED) is 0.419. The normalized spacial score (nSPS) is 34.4. The first-order chi connectivity index (χ1) is 14.2. The molecule has 0 aliphatic heterocycles. The molecule has 0 saturated heterocycles. The zero-order chi connectivity index (χ0) is 21.1. The van der Waals surface area contributed by atoms with Crippen molar-refractivity contribution in [3.05, 3.63) is 52.3 Å². The molecular formula is C26H30BrFO2. The van der Waals surface area contributed by atoms with Crippen LogP contribution >= 0.6 is 15.9 Å². The molecule has 160 valence electrons. The molecule has 4 fully saturated rings. The van der Waals surface area contributed by atoms with E-state index in [0.29, 0.717) is 10.8 Å². The topological polar surface area (TPSA) is 18.5 Å². The van der Waals surface area contributed by atoms with Crippen LogP contribution in [-0.2, 0) is 10.2 Å². The number of hydrogen-bond donors (Lipinski definition) is 0. The smallest absolute Gasteiger partial charge is 0.188 e. The molecule has 2 nitrogen and oxygen atoms in total. The third-order valence-corrected chi connectivity index (χ3v) is 8.43. The van der Waals surface area contributed by atoms with Gasteiger partial charge in [-0.1, -0.05) is 48.0 Å². The van der Waals surface area contributed by atoms with Crippen LogP contribution in [0.5, 0.6) is 5.75 Å². The van der Waals surface area contributed by atoms with Crippen molar-refractivity contribution in [3.8, 4) is 16.9 Å².